The molecule has 1 atom stereocenters. The van der Waals surface area contributed by atoms with E-state index in [-0.39, 0.29) is 18.9 Å². The summed E-state index contributed by atoms with van der Waals surface area (Å²) in [5.41, 5.74) is 5.19. The summed E-state index contributed by atoms with van der Waals surface area (Å²) in [4.78, 5) is 32.6. The quantitative estimate of drug-likeness (QED) is 0.435. The number of amides is 1. The summed E-state index contributed by atoms with van der Waals surface area (Å²) in [6, 6.07) is 5.80. The fraction of sp³-hybridized carbons (Fsp3) is 0.480. The number of rotatable bonds is 9. The number of hydrogen-bond donors (Lipinski definition) is 1. The van der Waals surface area contributed by atoms with Gasteiger partial charge in [0.15, 0.2) is 5.17 Å². The number of ether oxygens (including phenoxy) is 2. The van der Waals surface area contributed by atoms with Crippen LogP contribution in [0.25, 0.3) is 0 Å². The first-order valence-corrected chi connectivity index (χ1v) is 12.2. The molecule has 0 spiro atoms. The van der Waals surface area contributed by atoms with E-state index in [2.05, 4.69) is 17.4 Å². The molecule has 2 aliphatic heterocycles. The Morgan fingerprint density at radius 3 is 2.70 bits per heavy atom. The van der Waals surface area contributed by atoms with Crippen LogP contribution in [-0.2, 0) is 19.1 Å². The molecule has 1 saturated carbocycles. The van der Waals surface area contributed by atoms with E-state index in [1.807, 2.05) is 37.1 Å². The summed E-state index contributed by atoms with van der Waals surface area (Å²) in [6.07, 6.45) is 2.62. The monoisotopic (exact) mass is 469 g/mol. The molecule has 1 amide bonds. The number of thioether (sulfide) groups is 1. The van der Waals surface area contributed by atoms with Gasteiger partial charge in [-0.2, -0.15) is 0 Å². The third-order valence-electron chi connectivity index (χ3n) is 6.09. The SMILES string of the molecule is COCCOC(=O)C1=C(C)N=C2SC=C(CC(=O)NCC3CC3)N2[C@@H]1c1ccc(C)cc1C. The second-order valence-corrected chi connectivity index (χ2v) is 9.64. The standard InChI is InChI=1S/C25H31N3O4S/c1-15-5-8-20(16(2)11-15)23-22(24(30)32-10-9-31-4)17(3)27-25-28(23)19(14-33-25)12-21(29)26-13-18-6-7-18/h5,8,11,14,18,23H,6-7,9-10,12-13H2,1-4H3,(H,26,29)/t23-/m1/s1. The Morgan fingerprint density at radius 2 is 2.00 bits per heavy atom. The Morgan fingerprint density at radius 1 is 1.21 bits per heavy atom. The van der Waals surface area contributed by atoms with Crippen molar-refractivity contribution in [2.75, 3.05) is 26.9 Å². The second kappa shape index (κ2) is 10.1. The van der Waals surface area contributed by atoms with Crippen molar-refractivity contribution >= 4 is 28.8 Å². The highest BCUT2D eigenvalue weighted by Gasteiger charge is 2.41. The maximum atomic E-state index is 13.2. The summed E-state index contributed by atoms with van der Waals surface area (Å²) >= 11 is 1.49. The van der Waals surface area contributed by atoms with Crippen molar-refractivity contribution < 1.29 is 19.1 Å². The van der Waals surface area contributed by atoms with Crippen LogP contribution in [0.3, 0.4) is 0 Å². The van der Waals surface area contributed by atoms with Crippen LogP contribution in [0.15, 0.2) is 45.6 Å². The molecule has 1 aliphatic carbocycles. The molecule has 0 radical (unpaired) electrons. The van der Waals surface area contributed by atoms with Crippen molar-refractivity contribution in [2.45, 2.75) is 46.1 Å². The molecule has 1 N–H and O–H groups in total. The number of hydrogen-bond acceptors (Lipinski definition) is 7. The molecule has 2 heterocycles. The third-order valence-corrected chi connectivity index (χ3v) is 6.98. The highest BCUT2D eigenvalue weighted by molar-refractivity contribution is 8.16. The number of aliphatic imine (C=N–C) groups is 1. The largest absolute Gasteiger partial charge is 0.460 e. The van der Waals surface area contributed by atoms with E-state index in [4.69, 9.17) is 14.5 Å². The lowest BCUT2D eigenvalue weighted by atomic mass is 9.90. The summed E-state index contributed by atoms with van der Waals surface area (Å²) in [6.45, 7) is 7.17. The Labute approximate surface area is 199 Å². The molecule has 3 aliphatic rings. The van der Waals surface area contributed by atoms with Gasteiger partial charge in [0.1, 0.15) is 6.61 Å². The van der Waals surface area contributed by atoms with E-state index in [9.17, 15) is 9.59 Å². The van der Waals surface area contributed by atoms with Gasteiger partial charge >= 0.3 is 5.97 Å². The summed E-state index contributed by atoms with van der Waals surface area (Å²) in [5.74, 6) is 0.201. The summed E-state index contributed by atoms with van der Waals surface area (Å²) in [5, 5.41) is 5.79. The molecule has 7 nitrogen and oxygen atoms in total. The average Bonchev–Trinajstić information content (AvgIpc) is 3.52. The summed E-state index contributed by atoms with van der Waals surface area (Å²) < 4.78 is 10.6. The van der Waals surface area contributed by atoms with Crippen LogP contribution in [0.4, 0.5) is 0 Å². The predicted molar refractivity (Wildman–Crippen MR) is 129 cm³/mol. The Hall–Kier alpha value is -2.58. The van der Waals surface area contributed by atoms with E-state index in [1.54, 1.807) is 7.11 Å². The zero-order valence-corrected chi connectivity index (χ0v) is 20.5. The van der Waals surface area contributed by atoms with Gasteiger partial charge in [-0.1, -0.05) is 35.5 Å². The van der Waals surface area contributed by atoms with Crippen LogP contribution in [0.5, 0.6) is 0 Å². The molecular formula is C25H31N3O4S. The number of nitrogens with one attached hydrogen (secondary N) is 1. The second-order valence-electron chi connectivity index (χ2n) is 8.81. The average molecular weight is 470 g/mol. The Balaban J connectivity index is 1.66. The minimum absolute atomic E-state index is 0.00938. The maximum Gasteiger partial charge on any atom is 0.338 e. The fourth-order valence-corrected chi connectivity index (χ4v) is 5.12. The predicted octanol–water partition coefficient (Wildman–Crippen LogP) is 3.98. The van der Waals surface area contributed by atoms with Crippen LogP contribution in [-0.4, -0.2) is 48.8 Å². The molecule has 0 unspecified atom stereocenters. The molecule has 176 valence electrons. The number of nitrogens with zero attached hydrogens (tertiary/aromatic N) is 2. The van der Waals surface area contributed by atoms with E-state index in [0.717, 1.165) is 34.1 Å². The number of aryl methyl sites for hydroxylation is 2. The van der Waals surface area contributed by atoms with Crippen LogP contribution >= 0.6 is 11.8 Å². The Bertz CT molecular complexity index is 1040. The topological polar surface area (TPSA) is 80.2 Å². The normalized spacial score (nSPS) is 19.8. The van der Waals surface area contributed by atoms with Crippen LogP contribution in [0.2, 0.25) is 0 Å². The number of allylic oxidation sites excluding steroid dienone is 1. The highest BCUT2D eigenvalue weighted by Crippen LogP contribution is 2.45. The van der Waals surface area contributed by atoms with Gasteiger partial charge in [-0.3, -0.25) is 4.79 Å². The number of fused-ring (bicyclic) bond motifs is 1. The molecule has 0 bridgehead atoms. The fourth-order valence-electron chi connectivity index (χ4n) is 4.16. The van der Waals surface area contributed by atoms with Crippen molar-refractivity contribution in [3.63, 3.8) is 0 Å². The van der Waals surface area contributed by atoms with Crippen LogP contribution in [0.1, 0.15) is 48.9 Å². The highest BCUT2D eigenvalue weighted by atomic mass is 32.2. The van der Waals surface area contributed by atoms with Gasteiger partial charge in [0.2, 0.25) is 5.91 Å². The van der Waals surface area contributed by atoms with Crippen molar-refractivity contribution in [1.29, 1.82) is 0 Å². The van der Waals surface area contributed by atoms with Crippen molar-refractivity contribution in [2.24, 2.45) is 10.9 Å². The van der Waals surface area contributed by atoms with E-state index >= 15 is 0 Å². The molecule has 1 fully saturated rings. The van der Waals surface area contributed by atoms with Gasteiger partial charge < -0.3 is 19.7 Å². The molecule has 1 aromatic rings. The number of esters is 1. The van der Waals surface area contributed by atoms with Gasteiger partial charge in [-0.05, 0) is 56.1 Å². The molecule has 4 rings (SSSR count). The van der Waals surface area contributed by atoms with Gasteiger partial charge in [-0.25, -0.2) is 9.79 Å². The summed E-state index contributed by atoms with van der Waals surface area (Å²) in [7, 11) is 1.57. The number of methoxy groups -OCH3 is 1. The van der Waals surface area contributed by atoms with Crippen molar-refractivity contribution in [3.8, 4) is 0 Å². The zero-order valence-electron chi connectivity index (χ0n) is 19.6. The molecule has 1 aromatic carbocycles. The van der Waals surface area contributed by atoms with E-state index < -0.39 is 12.0 Å². The maximum absolute atomic E-state index is 13.2. The van der Waals surface area contributed by atoms with Gasteiger partial charge in [0.25, 0.3) is 0 Å². The zero-order chi connectivity index (χ0) is 23.5. The number of carbonyl (C=O) groups excluding carboxylic acids is 2. The molecular weight excluding hydrogens is 438 g/mol. The smallest absolute Gasteiger partial charge is 0.338 e. The number of benzene rings is 1. The van der Waals surface area contributed by atoms with Crippen molar-refractivity contribution in [3.05, 3.63) is 57.3 Å². The lowest BCUT2D eigenvalue weighted by Gasteiger charge is -2.37. The number of amidine groups is 1. The minimum atomic E-state index is -0.411. The van der Waals surface area contributed by atoms with Gasteiger partial charge in [-0.15, -0.1) is 0 Å². The lowest BCUT2D eigenvalue weighted by molar-refractivity contribution is -0.141. The van der Waals surface area contributed by atoms with E-state index in [0.29, 0.717) is 23.8 Å². The third kappa shape index (κ3) is 5.33. The Kier molecular flexibility index (Phi) is 7.24. The van der Waals surface area contributed by atoms with Crippen LogP contribution in [0, 0.1) is 19.8 Å². The molecule has 8 heteroatoms. The lowest BCUT2D eigenvalue weighted by Crippen LogP contribution is -2.38. The molecule has 0 aromatic heterocycles. The first kappa shape index (κ1) is 23.6. The van der Waals surface area contributed by atoms with Gasteiger partial charge in [0.05, 0.1) is 30.3 Å². The molecule has 33 heavy (non-hydrogen) atoms. The van der Waals surface area contributed by atoms with Crippen LogP contribution < -0.4 is 5.32 Å². The first-order valence-electron chi connectivity index (χ1n) is 11.3. The van der Waals surface area contributed by atoms with Gasteiger partial charge in [0, 0.05) is 19.4 Å². The first-order chi connectivity index (χ1) is 15.9. The van der Waals surface area contributed by atoms with E-state index in [1.165, 1.54) is 24.6 Å². The minimum Gasteiger partial charge on any atom is -0.460 e. The van der Waals surface area contributed by atoms with Crippen molar-refractivity contribution in [1.82, 2.24) is 10.2 Å². The molecule has 0 saturated heterocycles. The number of carbonyl (C=O) groups is 2.